The molecule has 2 aliphatic heterocycles. The number of fused-ring (bicyclic) bond motifs is 1. The van der Waals surface area contributed by atoms with Crippen molar-refractivity contribution in [3.8, 4) is 0 Å². The third-order valence-electron chi connectivity index (χ3n) is 10.4. The molecule has 1 aromatic rings. The largest absolute Gasteiger partial charge is 0.460 e. The van der Waals surface area contributed by atoms with Gasteiger partial charge >= 0.3 is 12.1 Å². The van der Waals surface area contributed by atoms with Gasteiger partial charge in [-0.3, -0.25) is 33.6 Å². The summed E-state index contributed by atoms with van der Waals surface area (Å²) in [6.07, 6.45) is 2.05. The van der Waals surface area contributed by atoms with E-state index in [0.29, 0.717) is 24.0 Å². The van der Waals surface area contributed by atoms with Gasteiger partial charge in [0, 0.05) is 38.0 Å². The molecule has 4 aliphatic rings. The first-order valence-corrected chi connectivity index (χ1v) is 19.8. The van der Waals surface area contributed by atoms with E-state index >= 15 is 0 Å². The number of ketones is 1. The number of ether oxygens (including phenoxy) is 2. The van der Waals surface area contributed by atoms with Gasteiger partial charge in [0.15, 0.2) is 5.78 Å². The van der Waals surface area contributed by atoms with E-state index in [4.69, 9.17) is 9.47 Å². The number of halogens is 1. The lowest BCUT2D eigenvalue weighted by Crippen LogP contribution is -2.49. The maximum absolute atomic E-state index is 14.6. The fourth-order valence-electron chi connectivity index (χ4n) is 7.32. The van der Waals surface area contributed by atoms with Crippen LogP contribution in [0.2, 0.25) is 0 Å². The highest BCUT2D eigenvalue weighted by Crippen LogP contribution is 2.57. The van der Waals surface area contributed by atoms with Gasteiger partial charge in [-0.1, -0.05) is 30.9 Å². The molecule has 4 amide bonds. The highest BCUT2D eigenvalue weighted by Gasteiger charge is 2.61. The van der Waals surface area contributed by atoms with Crippen LogP contribution in [0.1, 0.15) is 70.4 Å². The molecule has 5 rings (SSSR count). The summed E-state index contributed by atoms with van der Waals surface area (Å²) in [4.78, 5) is 85.6. The van der Waals surface area contributed by atoms with Crippen molar-refractivity contribution < 1.29 is 51.0 Å². The second kappa shape index (κ2) is 16.1. The molecule has 0 unspecified atom stereocenters. The van der Waals surface area contributed by atoms with Gasteiger partial charge in [0.1, 0.15) is 17.5 Å². The topological polar surface area (TPSA) is 177 Å². The Bertz CT molecular complexity index is 1890. The monoisotopic (exact) mass is 784 g/mol. The number of carbonyl (C=O) groups excluding carboxylic acids is 6. The molecule has 1 saturated heterocycles. The fourth-order valence-corrected chi connectivity index (χ4v) is 8.71. The Labute approximate surface area is 320 Å². The molecule has 55 heavy (non-hydrogen) atoms. The first kappa shape index (κ1) is 41.3. The molecule has 0 radical (unpaired) electrons. The average molecular weight is 785 g/mol. The molecule has 0 spiro atoms. The number of benzene rings is 1. The lowest BCUT2D eigenvalue weighted by atomic mass is 9.91. The van der Waals surface area contributed by atoms with Crippen LogP contribution in [0.15, 0.2) is 56.2 Å². The van der Waals surface area contributed by atoms with Crippen LogP contribution >= 0.6 is 0 Å². The summed E-state index contributed by atoms with van der Waals surface area (Å²) in [6.45, 7) is 15.4. The van der Waals surface area contributed by atoms with Crippen LogP contribution < -0.4 is 4.72 Å². The van der Waals surface area contributed by atoms with Gasteiger partial charge in [-0.15, -0.1) is 13.2 Å². The van der Waals surface area contributed by atoms with Crippen molar-refractivity contribution in [3.05, 3.63) is 73.1 Å². The molecule has 0 bridgehead atoms. The number of hydrogen-bond acceptors (Lipinski definition) is 10. The van der Waals surface area contributed by atoms with Crippen LogP contribution in [0, 0.1) is 23.1 Å². The summed E-state index contributed by atoms with van der Waals surface area (Å²) < 4.78 is 53.4. The summed E-state index contributed by atoms with van der Waals surface area (Å²) >= 11 is 0. The minimum atomic E-state index is -3.94. The van der Waals surface area contributed by atoms with E-state index in [1.165, 1.54) is 39.0 Å². The highest BCUT2D eigenvalue weighted by atomic mass is 32.2. The Morgan fingerprint density at radius 3 is 2.40 bits per heavy atom. The Balaban J connectivity index is 1.42. The van der Waals surface area contributed by atoms with E-state index in [0.717, 1.165) is 6.08 Å². The van der Waals surface area contributed by atoms with E-state index in [-0.39, 0.29) is 45.6 Å². The van der Waals surface area contributed by atoms with E-state index in [9.17, 15) is 41.6 Å². The number of amides is 4. The second-order valence-electron chi connectivity index (χ2n) is 15.7. The Hall–Kier alpha value is -4.86. The van der Waals surface area contributed by atoms with Crippen molar-refractivity contribution in [3.63, 3.8) is 0 Å². The van der Waals surface area contributed by atoms with Crippen molar-refractivity contribution in [2.24, 2.45) is 17.3 Å². The summed E-state index contributed by atoms with van der Waals surface area (Å²) in [5, 5.41) is -0.682. The Morgan fingerprint density at radius 2 is 1.82 bits per heavy atom. The molecule has 3 fully saturated rings. The van der Waals surface area contributed by atoms with Gasteiger partial charge in [0.25, 0.3) is 0 Å². The predicted molar refractivity (Wildman–Crippen MR) is 197 cm³/mol. The first-order chi connectivity index (χ1) is 25.8. The molecule has 16 heteroatoms. The quantitative estimate of drug-likeness (QED) is 0.148. The number of allylic oxidation sites excluding steroid dienone is 1. The van der Waals surface area contributed by atoms with Crippen molar-refractivity contribution in [1.82, 2.24) is 19.4 Å². The van der Waals surface area contributed by atoms with Gasteiger partial charge in [0.05, 0.1) is 42.1 Å². The lowest BCUT2D eigenvalue weighted by Gasteiger charge is -2.31. The SMILES string of the molecule is C=CCN(C[C@H](CC(=O)OC(C)(C)C)C(=O)N1C[C@H](OC(=O)N2Cc3cccc(F)c3C2)C[C@H]1C(=O)C[C@]1(C(=O)NS(=O)(=O)C2CC2)C[C@H]1C=C)C(=O)C=C. The van der Waals surface area contributed by atoms with Gasteiger partial charge < -0.3 is 19.3 Å². The van der Waals surface area contributed by atoms with Crippen LogP contribution in [-0.4, -0.2) is 101 Å². The number of nitrogens with zero attached hydrogens (tertiary/aromatic N) is 3. The van der Waals surface area contributed by atoms with E-state index in [1.54, 1.807) is 26.8 Å². The van der Waals surface area contributed by atoms with Crippen LogP contribution in [0.25, 0.3) is 0 Å². The fraction of sp³-hybridized carbons (Fsp3) is 0.538. The van der Waals surface area contributed by atoms with Crippen LogP contribution in [0.5, 0.6) is 0 Å². The minimum absolute atomic E-state index is 0.00864. The van der Waals surface area contributed by atoms with Crippen molar-refractivity contribution in [2.45, 2.75) is 95.4 Å². The number of carbonyl (C=O) groups is 6. The molecular weight excluding hydrogens is 736 g/mol. The highest BCUT2D eigenvalue weighted by molar-refractivity contribution is 7.90. The van der Waals surface area contributed by atoms with Gasteiger partial charge in [-0.25, -0.2) is 17.6 Å². The lowest BCUT2D eigenvalue weighted by molar-refractivity contribution is -0.159. The number of rotatable bonds is 16. The molecule has 2 aliphatic carbocycles. The summed E-state index contributed by atoms with van der Waals surface area (Å²) in [5.74, 6) is -5.62. The maximum atomic E-state index is 14.6. The van der Waals surface area contributed by atoms with Crippen molar-refractivity contribution in [1.29, 1.82) is 0 Å². The summed E-state index contributed by atoms with van der Waals surface area (Å²) in [5.41, 5.74) is -1.36. The third-order valence-corrected chi connectivity index (χ3v) is 12.2. The van der Waals surface area contributed by atoms with E-state index in [2.05, 4.69) is 24.5 Å². The molecular formula is C39H49FN4O10S. The Kier molecular flexibility index (Phi) is 12.1. The number of Topliss-reactive ketones (excluding diaryl/α,β-unsaturated/α-hetero) is 1. The standard InChI is InChI=1S/C39H49FN4O10S/c1-7-15-42(33(46)9-3)21-25(16-34(47)54-38(4,5)6)35(48)44-22-27(53-37(50)43-20-24-11-10-12-30(40)29(24)23-43)17-31(44)32(45)19-39(18-26(39)8-2)36(49)41-55(51,52)28-13-14-28/h7-12,25-28,31H,1-3,13-23H2,4-6H3,(H,41,49)/t25-,26+,27+,31-,39+/m0/s1. The smallest absolute Gasteiger partial charge is 0.410 e. The second-order valence-corrected chi connectivity index (χ2v) is 17.7. The summed E-state index contributed by atoms with van der Waals surface area (Å²) in [6, 6.07) is 3.27. The van der Waals surface area contributed by atoms with Gasteiger partial charge in [-0.2, -0.15) is 0 Å². The average Bonchev–Trinajstić information content (AvgIpc) is 4.00. The van der Waals surface area contributed by atoms with Crippen molar-refractivity contribution in [2.75, 3.05) is 19.6 Å². The van der Waals surface area contributed by atoms with Crippen LogP contribution in [0.4, 0.5) is 9.18 Å². The van der Waals surface area contributed by atoms with Gasteiger partial charge in [-0.05, 0) is 63.7 Å². The predicted octanol–water partition coefficient (Wildman–Crippen LogP) is 3.56. The zero-order valence-electron chi connectivity index (χ0n) is 31.5. The van der Waals surface area contributed by atoms with Crippen molar-refractivity contribution >= 4 is 45.6 Å². The zero-order valence-corrected chi connectivity index (χ0v) is 32.3. The van der Waals surface area contributed by atoms with Gasteiger partial charge in [0.2, 0.25) is 27.7 Å². The number of hydrogen-bond donors (Lipinski definition) is 1. The number of nitrogens with one attached hydrogen (secondary N) is 1. The third kappa shape index (κ3) is 9.51. The molecule has 1 aromatic carbocycles. The molecule has 2 heterocycles. The molecule has 5 atom stereocenters. The molecule has 0 aromatic heterocycles. The molecule has 1 N–H and O–H groups in total. The Morgan fingerprint density at radius 1 is 1.11 bits per heavy atom. The van der Waals surface area contributed by atoms with E-state index in [1.807, 2.05) is 0 Å². The van der Waals surface area contributed by atoms with E-state index < -0.39 is 104 Å². The molecule has 2 saturated carbocycles. The molecule has 14 nitrogen and oxygen atoms in total. The first-order valence-electron chi connectivity index (χ1n) is 18.3. The number of esters is 1. The minimum Gasteiger partial charge on any atom is -0.460 e. The normalized spacial score (nSPS) is 23.5. The number of likely N-dealkylation sites (tertiary alicyclic amines) is 1. The zero-order chi connectivity index (χ0) is 40.5. The number of sulfonamides is 1. The van der Waals surface area contributed by atoms with Crippen LogP contribution in [-0.2, 0) is 56.6 Å². The molecule has 298 valence electrons. The van der Waals surface area contributed by atoms with Crippen LogP contribution in [0.3, 0.4) is 0 Å². The maximum Gasteiger partial charge on any atom is 0.410 e. The summed E-state index contributed by atoms with van der Waals surface area (Å²) in [7, 11) is -3.94.